The Kier molecular flexibility index (Phi) is 6.43. The number of hydrogen-bond donors (Lipinski definition) is 1. The Morgan fingerprint density at radius 1 is 1.00 bits per heavy atom. The first-order valence-electron chi connectivity index (χ1n) is 12.0. The van der Waals surface area contributed by atoms with E-state index in [4.69, 9.17) is 4.98 Å². The molecule has 1 atom stereocenters. The van der Waals surface area contributed by atoms with Crippen LogP contribution in [0, 0.1) is 0 Å². The summed E-state index contributed by atoms with van der Waals surface area (Å²) in [7, 11) is -0.916. The first-order chi connectivity index (χ1) is 15.9. The van der Waals surface area contributed by atoms with E-state index in [9.17, 15) is 8.42 Å². The Morgan fingerprint density at radius 3 is 2.48 bits per heavy atom. The molecule has 3 aliphatic rings. The highest BCUT2D eigenvalue weighted by Gasteiger charge is 2.30. The molecule has 4 heterocycles. The molecule has 10 heteroatoms. The maximum atomic E-state index is 11.8. The Hall–Kier alpha value is -2.01. The van der Waals surface area contributed by atoms with Crippen molar-refractivity contribution in [2.24, 2.45) is 0 Å². The van der Waals surface area contributed by atoms with E-state index in [0.29, 0.717) is 25.1 Å². The summed E-state index contributed by atoms with van der Waals surface area (Å²) in [4.78, 5) is 17.0. The standard InChI is InChI=1S/C23H35N7O2S/c1-27-12-14-28(15-13-27)20-8-9-29(17-20)21-5-3-4-18-16-24-23(26-22(18)21)25-19-6-10-30(11-7-19)33(2,31)32/h3-5,16,19-20H,6-15,17H2,1-2H3,(H,24,25,26). The lowest BCUT2D eigenvalue weighted by atomic mass is 10.1. The van der Waals surface area contributed by atoms with Gasteiger partial charge < -0.3 is 15.1 Å². The summed E-state index contributed by atoms with van der Waals surface area (Å²) < 4.78 is 25.1. The van der Waals surface area contributed by atoms with Crippen LogP contribution >= 0.6 is 0 Å². The number of fused-ring (bicyclic) bond motifs is 1. The molecule has 0 aliphatic carbocycles. The molecule has 5 rings (SSSR count). The van der Waals surface area contributed by atoms with Gasteiger partial charge in [0, 0.05) is 76.0 Å². The Labute approximate surface area is 196 Å². The van der Waals surface area contributed by atoms with Crippen LogP contribution in [0.2, 0.25) is 0 Å². The minimum absolute atomic E-state index is 0.181. The van der Waals surface area contributed by atoms with E-state index in [2.05, 4.69) is 50.2 Å². The van der Waals surface area contributed by atoms with Gasteiger partial charge in [-0.15, -0.1) is 0 Å². The molecule has 0 bridgehead atoms. The van der Waals surface area contributed by atoms with Gasteiger partial charge in [-0.05, 0) is 32.4 Å². The van der Waals surface area contributed by atoms with E-state index in [0.717, 1.165) is 63.0 Å². The SMILES string of the molecule is CN1CCN(C2CCN(c3cccc4cnc(NC5CCN(S(C)(=O)=O)CC5)nc34)C2)CC1. The number of benzene rings is 1. The van der Waals surface area contributed by atoms with Gasteiger partial charge in [0.2, 0.25) is 16.0 Å². The molecule has 1 aromatic heterocycles. The van der Waals surface area contributed by atoms with Crippen molar-refractivity contribution in [1.29, 1.82) is 0 Å². The van der Waals surface area contributed by atoms with E-state index < -0.39 is 10.0 Å². The molecule has 0 radical (unpaired) electrons. The van der Waals surface area contributed by atoms with Crippen LogP contribution in [0.5, 0.6) is 0 Å². The van der Waals surface area contributed by atoms with Crippen molar-refractivity contribution < 1.29 is 8.42 Å². The van der Waals surface area contributed by atoms with Gasteiger partial charge in [0.15, 0.2) is 0 Å². The van der Waals surface area contributed by atoms with E-state index in [1.165, 1.54) is 18.4 Å². The zero-order valence-electron chi connectivity index (χ0n) is 19.7. The lowest BCUT2D eigenvalue weighted by Gasteiger charge is -2.36. The fourth-order valence-electron chi connectivity index (χ4n) is 5.32. The summed E-state index contributed by atoms with van der Waals surface area (Å²) in [5.74, 6) is 0.627. The number of piperazine rings is 1. The maximum Gasteiger partial charge on any atom is 0.223 e. The largest absolute Gasteiger partial charge is 0.368 e. The van der Waals surface area contributed by atoms with Crippen LogP contribution < -0.4 is 10.2 Å². The van der Waals surface area contributed by atoms with Gasteiger partial charge in [0.25, 0.3) is 0 Å². The van der Waals surface area contributed by atoms with Crippen LogP contribution in [0.3, 0.4) is 0 Å². The van der Waals surface area contributed by atoms with E-state index in [1.807, 2.05) is 6.20 Å². The van der Waals surface area contributed by atoms with Crippen LogP contribution in [0.1, 0.15) is 19.3 Å². The van der Waals surface area contributed by atoms with Crippen LogP contribution in [0.4, 0.5) is 11.6 Å². The van der Waals surface area contributed by atoms with Crippen molar-refractivity contribution in [2.45, 2.75) is 31.3 Å². The average molecular weight is 474 g/mol. The molecule has 9 nitrogen and oxygen atoms in total. The monoisotopic (exact) mass is 473 g/mol. The zero-order chi connectivity index (χ0) is 23.0. The van der Waals surface area contributed by atoms with Crippen molar-refractivity contribution in [2.75, 3.05) is 75.9 Å². The zero-order valence-corrected chi connectivity index (χ0v) is 20.5. The fraction of sp³-hybridized carbons (Fsp3) is 0.652. The second-order valence-corrected chi connectivity index (χ2v) is 11.7. The third kappa shape index (κ3) is 5.08. The normalized spacial score (nSPS) is 24.5. The fourth-order valence-corrected chi connectivity index (χ4v) is 6.20. The molecule has 3 aliphatic heterocycles. The highest BCUT2D eigenvalue weighted by Crippen LogP contribution is 2.30. The van der Waals surface area contributed by atoms with Gasteiger partial charge in [-0.25, -0.2) is 22.7 Å². The summed E-state index contributed by atoms with van der Waals surface area (Å²) in [5, 5.41) is 4.50. The second-order valence-electron chi connectivity index (χ2n) is 9.72. The third-order valence-corrected chi connectivity index (χ3v) is 8.71. The number of rotatable bonds is 5. The Morgan fingerprint density at radius 2 is 1.76 bits per heavy atom. The first-order valence-corrected chi connectivity index (χ1v) is 13.9. The predicted molar refractivity (Wildman–Crippen MR) is 132 cm³/mol. The maximum absolute atomic E-state index is 11.8. The summed E-state index contributed by atoms with van der Waals surface area (Å²) in [6.07, 6.45) is 5.88. The summed E-state index contributed by atoms with van der Waals surface area (Å²) in [6, 6.07) is 7.13. The molecule has 2 aromatic rings. The van der Waals surface area contributed by atoms with Crippen molar-refractivity contribution in [1.82, 2.24) is 24.1 Å². The van der Waals surface area contributed by atoms with Crippen molar-refractivity contribution in [3.63, 3.8) is 0 Å². The van der Waals surface area contributed by atoms with E-state index >= 15 is 0 Å². The van der Waals surface area contributed by atoms with E-state index in [-0.39, 0.29) is 6.04 Å². The number of piperidine rings is 1. The summed E-state index contributed by atoms with van der Waals surface area (Å²) in [5.41, 5.74) is 2.17. The number of sulfonamides is 1. The molecule has 0 saturated carbocycles. The first kappa shape index (κ1) is 22.8. The van der Waals surface area contributed by atoms with Gasteiger partial charge in [-0.3, -0.25) is 4.90 Å². The van der Waals surface area contributed by atoms with Gasteiger partial charge in [0.1, 0.15) is 0 Å². The van der Waals surface area contributed by atoms with Gasteiger partial charge in [-0.1, -0.05) is 12.1 Å². The number of likely N-dealkylation sites (N-methyl/N-ethyl adjacent to an activating group) is 1. The molecular formula is C23H35N7O2S. The molecule has 1 N–H and O–H groups in total. The van der Waals surface area contributed by atoms with Crippen molar-refractivity contribution in [3.05, 3.63) is 24.4 Å². The predicted octanol–water partition coefficient (Wildman–Crippen LogP) is 1.29. The smallest absolute Gasteiger partial charge is 0.223 e. The Bertz CT molecular complexity index is 1080. The number of hydrogen-bond acceptors (Lipinski definition) is 8. The summed E-state index contributed by atoms with van der Waals surface area (Å²) in [6.45, 7) is 7.77. The van der Waals surface area contributed by atoms with Gasteiger partial charge >= 0.3 is 0 Å². The second kappa shape index (κ2) is 9.32. The van der Waals surface area contributed by atoms with Crippen LogP contribution in [-0.4, -0.2) is 110 Å². The average Bonchev–Trinajstić information content (AvgIpc) is 3.29. The highest BCUT2D eigenvalue weighted by molar-refractivity contribution is 7.88. The number of anilines is 2. The molecule has 1 unspecified atom stereocenters. The number of aromatic nitrogens is 2. The minimum Gasteiger partial charge on any atom is -0.368 e. The minimum atomic E-state index is -3.12. The third-order valence-electron chi connectivity index (χ3n) is 7.40. The molecular weight excluding hydrogens is 438 g/mol. The topological polar surface area (TPSA) is 84.9 Å². The van der Waals surface area contributed by atoms with Crippen LogP contribution in [0.15, 0.2) is 24.4 Å². The molecule has 3 fully saturated rings. The summed E-state index contributed by atoms with van der Waals surface area (Å²) >= 11 is 0. The molecule has 0 spiro atoms. The van der Waals surface area contributed by atoms with Gasteiger partial charge in [0.05, 0.1) is 17.5 Å². The lowest BCUT2D eigenvalue weighted by Crippen LogP contribution is -2.49. The molecule has 180 valence electrons. The quantitative estimate of drug-likeness (QED) is 0.696. The van der Waals surface area contributed by atoms with Crippen LogP contribution in [-0.2, 0) is 10.0 Å². The number of para-hydroxylation sites is 1. The van der Waals surface area contributed by atoms with Crippen molar-refractivity contribution >= 4 is 32.6 Å². The lowest BCUT2D eigenvalue weighted by molar-refractivity contribution is 0.120. The Balaban J connectivity index is 1.28. The van der Waals surface area contributed by atoms with Crippen molar-refractivity contribution in [3.8, 4) is 0 Å². The van der Waals surface area contributed by atoms with Crippen LogP contribution in [0.25, 0.3) is 10.9 Å². The molecule has 1 aromatic carbocycles. The van der Waals surface area contributed by atoms with Gasteiger partial charge in [-0.2, -0.15) is 0 Å². The highest BCUT2D eigenvalue weighted by atomic mass is 32.2. The number of nitrogens with zero attached hydrogens (tertiary/aromatic N) is 6. The molecule has 3 saturated heterocycles. The molecule has 0 amide bonds. The number of nitrogens with one attached hydrogen (secondary N) is 1. The molecule has 33 heavy (non-hydrogen) atoms. The van der Waals surface area contributed by atoms with E-state index in [1.54, 1.807) is 4.31 Å².